The normalized spacial score (nSPS) is 12.6. The molecule has 0 spiro atoms. The summed E-state index contributed by atoms with van der Waals surface area (Å²) >= 11 is 0. The minimum atomic E-state index is -0.0822. The Labute approximate surface area is 182 Å². The Morgan fingerprint density at radius 3 is 2.17 bits per heavy atom. The fourth-order valence-electron chi connectivity index (χ4n) is 3.65. The highest BCUT2D eigenvalue weighted by molar-refractivity contribution is 5.85. The molecule has 0 aliphatic heterocycles. The second-order valence-corrected chi connectivity index (χ2v) is 9.30. The average molecular weight is 424 g/mol. The van der Waals surface area contributed by atoms with E-state index in [-0.39, 0.29) is 29.7 Å². The molecular formula is C23H41N3O4. The van der Waals surface area contributed by atoms with Gasteiger partial charge in [0.25, 0.3) is 0 Å². The Hall–Kier alpha value is -1.86. The monoisotopic (exact) mass is 423 g/mol. The number of methoxy groups -OCH3 is 2. The predicted octanol–water partition coefficient (Wildman–Crippen LogP) is 2.94. The van der Waals surface area contributed by atoms with Crippen molar-refractivity contribution in [2.24, 2.45) is 18.4 Å². The summed E-state index contributed by atoms with van der Waals surface area (Å²) in [5, 5.41) is 0. The molecule has 0 aliphatic rings. The highest BCUT2D eigenvalue weighted by atomic mass is 16.5. The molecule has 172 valence electrons. The molecule has 7 heteroatoms. The molecule has 0 saturated heterocycles. The summed E-state index contributed by atoms with van der Waals surface area (Å²) < 4.78 is 12.4. The van der Waals surface area contributed by atoms with Crippen molar-refractivity contribution in [3.63, 3.8) is 0 Å². The number of carbonyl (C=O) groups is 2. The molecule has 1 aromatic rings. The molecule has 1 rings (SSSR count). The molecule has 0 bridgehead atoms. The van der Waals surface area contributed by atoms with Crippen molar-refractivity contribution in [2.45, 2.75) is 47.1 Å². The maximum atomic E-state index is 13.1. The first kappa shape index (κ1) is 26.2. The zero-order valence-electron chi connectivity index (χ0n) is 19.9. The van der Waals surface area contributed by atoms with Gasteiger partial charge < -0.3 is 23.8 Å². The van der Waals surface area contributed by atoms with Crippen molar-refractivity contribution >= 4 is 11.8 Å². The van der Waals surface area contributed by atoms with Gasteiger partial charge in [-0.15, -0.1) is 0 Å². The lowest BCUT2D eigenvalue weighted by molar-refractivity contribution is -0.142. The third-order valence-corrected chi connectivity index (χ3v) is 5.05. The molecule has 0 aliphatic carbocycles. The van der Waals surface area contributed by atoms with Gasteiger partial charge in [0.15, 0.2) is 0 Å². The zero-order valence-corrected chi connectivity index (χ0v) is 19.9. The SMILES string of the molecule is COCCN(CC(=O)N(CCOC)Cc1cccn1C)C(=O)CC(C)CC(C)(C)C. The van der Waals surface area contributed by atoms with Crippen LogP contribution >= 0.6 is 0 Å². The lowest BCUT2D eigenvalue weighted by atomic mass is 9.84. The minimum Gasteiger partial charge on any atom is -0.383 e. The van der Waals surface area contributed by atoms with Crippen molar-refractivity contribution in [3.8, 4) is 0 Å². The van der Waals surface area contributed by atoms with E-state index in [1.165, 1.54) is 0 Å². The first-order valence-electron chi connectivity index (χ1n) is 10.7. The summed E-state index contributed by atoms with van der Waals surface area (Å²) in [6.45, 7) is 10.9. The number of amides is 2. The fourth-order valence-corrected chi connectivity index (χ4v) is 3.65. The van der Waals surface area contributed by atoms with Gasteiger partial charge in [-0.25, -0.2) is 0 Å². The van der Waals surface area contributed by atoms with E-state index in [2.05, 4.69) is 27.7 Å². The van der Waals surface area contributed by atoms with Gasteiger partial charge in [0.1, 0.15) is 0 Å². The number of carbonyl (C=O) groups excluding carboxylic acids is 2. The Balaban J connectivity index is 2.83. The molecule has 2 amide bonds. The van der Waals surface area contributed by atoms with Crippen LogP contribution < -0.4 is 0 Å². The average Bonchev–Trinajstić information content (AvgIpc) is 3.04. The molecule has 0 N–H and O–H groups in total. The van der Waals surface area contributed by atoms with E-state index in [0.717, 1.165) is 12.1 Å². The summed E-state index contributed by atoms with van der Waals surface area (Å²) in [4.78, 5) is 29.5. The van der Waals surface area contributed by atoms with Crippen LogP contribution in [0.15, 0.2) is 18.3 Å². The van der Waals surface area contributed by atoms with Gasteiger partial charge in [-0.3, -0.25) is 9.59 Å². The van der Waals surface area contributed by atoms with E-state index in [0.29, 0.717) is 39.3 Å². The first-order chi connectivity index (χ1) is 14.1. The molecule has 0 saturated carbocycles. The fraction of sp³-hybridized carbons (Fsp3) is 0.739. The quantitative estimate of drug-likeness (QED) is 0.489. The summed E-state index contributed by atoms with van der Waals surface area (Å²) in [6.07, 6.45) is 3.35. The van der Waals surface area contributed by atoms with E-state index < -0.39 is 0 Å². The number of rotatable bonds is 13. The predicted molar refractivity (Wildman–Crippen MR) is 119 cm³/mol. The standard InChI is InChI=1S/C23H41N3O4/c1-19(16-23(2,3)4)15-21(27)26(12-14-30-7)18-22(28)25(11-13-29-6)17-20-9-8-10-24(20)5/h8-10,19H,11-18H2,1-7H3. The molecule has 30 heavy (non-hydrogen) atoms. The van der Waals surface area contributed by atoms with E-state index in [4.69, 9.17) is 9.47 Å². The lowest BCUT2D eigenvalue weighted by Crippen LogP contribution is -2.45. The van der Waals surface area contributed by atoms with Gasteiger partial charge in [-0.2, -0.15) is 0 Å². The largest absolute Gasteiger partial charge is 0.383 e. The van der Waals surface area contributed by atoms with Gasteiger partial charge in [0.2, 0.25) is 11.8 Å². The molecule has 1 heterocycles. The van der Waals surface area contributed by atoms with Gasteiger partial charge in [-0.1, -0.05) is 27.7 Å². The Morgan fingerprint density at radius 1 is 1.07 bits per heavy atom. The number of ether oxygens (including phenoxy) is 2. The van der Waals surface area contributed by atoms with Crippen LogP contribution in [0.3, 0.4) is 0 Å². The molecule has 0 fully saturated rings. The number of aryl methyl sites for hydroxylation is 1. The second kappa shape index (κ2) is 12.7. The van der Waals surface area contributed by atoms with E-state index in [9.17, 15) is 9.59 Å². The molecule has 0 aromatic carbocycles. The van der Waals surface area contributed by atoms with Crippen LogP contribution in [-0.4, -0.2) is 73.2 Å². The number of hydrogen-bond donors (Lipinski definition) is 0. The van der Waals surface area contributed by atoms with E-state index >= 15 is 0 Å². The van der Waals surface area contributed by atoms with Gasteiger partial charge in [-0.05, 0) is 29.9 Å². The van der Waals surface area contributed by atoms with Crippen molar-refractivity contribution in [3.05, 3.63) is 24.0 Å². The van der Waals surface area contributed by atoms with Gasteiger partial charge in [0.05, 0.1) is 26.3 Å². The minimum absolute atomic E-state index is 0.00251. The maximum Gasteiger partial charge on any atom is 0.242 e. The molecular weight excluding hydrogens is 382 g/mol. The van der Waals surface area contributed by atoms with Gasteiger partial charge in [0, 0.05) is 52.7 Å². The lowest BCUT2D eigenvalue weighted by Gasteiger charge is -2.29. The van der Waals surface area contributed by atoms with Crippen LogP contribution in [0.2, 0.25) is 0 Å². The van der Waals surface area contributed by atoms with Crippen LogP contribution in [0.4, 0.5) is 0 Å². The smallest absolute Gasteiger partial charge is 0.242 e. The highest BCUT2D eigenvalue weighted by Crippen LogP contribution is 2.26. The second-order valence-electron chi connectivity index (χ2n) is 9.30. The van der Waals surface area contributed by atoms with E-state index in [1.54, 1.807) is 24.0 Å². The maximum absolute atomic E-state index is 13.1. The van der Waals surface area contributed by atoms with Crippen LogP contribution in [-0.2, 0) is 32.7 Å². The number of aromatic nitrogens is 1. The molecule has 7 nitrogen and oxygen atoms in total. The molecule has 1 unspecified atom stereocenters. The van der Waals surface area contributed by atoms with Crippen LogP contribution in [0.1, 0.15) is 46.2 Å². The summed E-state index contributed by atoms with van der Waals surface area (Å²) in [7, 11) is 5.18. The Bertz CT molecular complexity index is 651. The van der Waals surface area contributed by atoms with Crippen molar-refractivity contribution in [1.82, 2.24) is 14.4 Å². The van der Waals surface area contributed by atoms with Crippen molar-refractivity contribution < 1.29 is 19.1 Å². The molecule has 1 atom stereocenters. The highest BCUT2D eigenvalue weighted by Gasteiger charge is 2.24. The third-order valence-electron chi connectivity index (χ3n) is 5.05. The first-order valence-corrected chi connectivity index (χ1v) is 10.7. The van der Waals surface area contributed by atoms with Crippen molar-refractivity contribution in [1.29, 1.82) is 0 Å². The van der Waals surface area contributed by atoms with E-state index in [1.807, 2.05) is 29.9 Å². The van der Waals surface area contributed by atoms with Crippen LogP contribution in [0.25, 0.3) is 0 Å². The molecule has 1 aromatic heterocycles. The third kappa shape index (κ3) is 9.76. The summed E-state index contributed by atoms with van der Waals surface area (Å²) in [5.41, 5.74) is 1.20. The van der Waals surface area contributed by atoms with Crippen LogP contribution in [0, 0.1) is 11.3 Å². The Morgan fingerprint density at radius 2 is 1.67 bits per heavy atom. The van der Waals surface area contributed by atoms with Crippen LogP contribution in [0.5, 0.6) is 0 Å². The topological polar surface area (TPSA) is 64.0 Å². The number of nitrogens with zero attached hydrogens (tertiary/aromatic N) is 3. The molecule has 0 radical (unpaired) electrons. The number of hydrogen-bond acceptors (Lipinski definition) is 4. The Kier molecular flexibility index (Phi) is 11.1. The zero-order chi connectivity index (χ0) is 22.7. The summed E-state index contributed by atoms with van der Waals surface area (Å²) in [5.74, 6) is 0.175. The summed E-state index contributed by atoms with van der Waals surface area (Å²) in [6, 6.07) is 3.95. The van der Waals surface area contributed by atoms with Crippen molar-refractivity contribution in [2.75, 3.05) is 47.1 Å². The van der Waals surface area contributed by atoms with Gasteiger partial charge >= 0.3 is 0 Å².